The Morgan fingerprint density at radius 1 is 1.12 bits per heavy atom. The van der Waals surface area contributed by atoms with E-state index >= 15 is 0 Å². The summed E-state index contributed by atoms with van der Waals surface area (Å²) >= 11 is 0. The van der Waals surface area contributed by atoms with E-state index in [1.807, 2.05) is 6.07 Å². The Kier molecular flexibility index (Phi) is 5.86. The second-order valence-corrected chi connectivity index (χ2v) is 6.96. The van der Waals surface area contributed by atoms with Gasteiger partial charge in [-0.25, -0.2) is 13.6 Å². The van der Waals surface area contributed by atoms with Crippen LogP contribution in [0.5, 0.6) is 0 Å². The lowest BCUT2D eigenvalue weighted by Crippen LogP contribution is -2.45. The van der Waals surface area contributed by atoms with Crippen molar-refractivity contribution in [2.24, 2.45) is 5.92 Å². The molecule has 1 fully saturated rings. The van der Waals surface area contributed by atoms with Gasteiger partial charge in [-0.2, -0.15) is 0 Å². The highest BCUT2D eigenvalue weighted by atomic mass is 19.2. The van der Waals surface area contributed by atoms with Crippen LogP contribution in [0.4, 0.5) is 13.6 Å². The Morgan fingerprint density at radius 2 is 1.81 bits per heavy atom. The lowest BCUT2D eigenvalue weighted by atomic mass is 9.90. The first-order valence-corrected chi connectivity index (χ1v) is 9.07. The van der Waals surface area contributed by atoms with E-state index in [-0.39, 0.29) is 12.1 Å². The van der Waals surface area contributed by atoms with Crippen LogP contribution >= 0.6 is 0 Å². The zero-order valence-electron chi connectivity index (χ0n) is 14.9. The highest BCUT2D eigenvalue weighted by Gasteiger charge is 2.24. The fourth-order valence-electron chi connectivity index (χ4n) is 3.43. The van der Waals surface area contributed by atoms with E-state index in [0.29, 0.717) is 24.6 Å². The van der Waals surface area contributed by atoms with Gasteiger partial charge < -0.3 is 10.2 Å². The van der Waals surface area contributed by atoms with E-state index in [2.05, 4.69) is 29.6 Å². The SMILES string of the molecule is CC(NC(=O)N1CCC(Cc2ccccc2)CC1)c1ccc(F)c(F)c1. The van der Waals surface area contributed by atoms with Gasteiger partial charge in [-0.05, 0) is 55.4 Å². The summed E-state index contributed by atoms with van der Waals surface area (Å²) in [5.74, 6) is -1.19. The van der Waals surface area contributed by atoms with Gasteiger partial charge in [-0.1, -0.05) is 36.4 Å². The van der Waals surface area contributed by atoms with Gasteiger partial charge in [0.05, 0.1) is 6.04 Å². The summed E-state index contributed by atoms with van der Waals surface area (Å²) in [5, 5.41) is 2.87. The summed E-state index contributed by atoms with van der Waals surface area (Å²) in [6.07, 6.45) is 2.99. The van der Waals surface area contributed by atoms with Crippen LogP contribution in [0.2, 0.25) is 0 Å². The fourth-order valence-corrected chi connectivity index (χ4v) is 3.43. The molecule has 1 heterocycles. The predicted octanol–water partition coefficient (Wildman–Crippen LogP) is 4.69. The predicted molar refractivity (Wildman–Crippen MR) is 97.7 cm³/mol. The summed E-state index contributed by atoms with van der Waals surface area (Å²) in [6, 6.07) is 13.6. The van der Waals surface area contributed by atoms with Gasteiger partial charge in [0.25, 0.3) is 0 Å². The maximum Gasteiger partial charge on any atom is 0.317 e. The van der Waals surface area contributed by atoms with E-state index in [4.69, 9.17) is 0 Å². The molecule has 26 heavy (non-hydrogen) atoms. The molecule has 1 atom stereocenters. The summed E-state index contributed by atoms with van der Waals surface area (Å²) in [7, 11) is 0. The van der Waals surface area contributed by atoms with Crippen molar-refractivity contribution in [1.29, 1.82) is 0 Å². The average Bonchev–Trinajstić information content (AvgIpc) is 2.65. The molecule has 0 spiro atoms. The molecular weight excluding hydrogens is 334 g/mol. The summed E-state index contributed by atoms with van der Waals surface area (Å²) < 4.78 is 26.4. The van der Waals surface area contributed by atoms with Gasteiger partial charge >= 0.3 is 6.03 Å². The third-order valence-corrected chi connectivity index (χ3v) is 5.05. The van der Waals surface area contributed by atoms with Crippen molar-refractivity contribution in [3.8, 4) is 0 Å². The molecule has 3 nitrogen and oxygen atoms in total. The molecule has 1 unspecified atom stereocenters. The van der Waals surface area contributed by atoms with Crippen molar-refractivity contribution in [3.63, 3.8) is 0 Å². The van der Waals surface area contributed by atoms with Crippen LogP contribution in [0.15, 0.2) is 48.5 Å². The molecule has 2 aromatic rings. The van der Waals surface area contributed by atoms with Gasteiger partial charge in [-0.3, -0.25) is 0 Å². The van der Waals surface area contributed by atoms with Crippen molar-refractivity contribution in [2.75, 3.05) is 13.1 Å². The van der Waals surface area contributed by atoms with Gasteiger partial charge in [0.15, 0.2) is 11.6 Å². The van der Waals surface area contributed by atoms with Gasteiger partial charge in [0, 0.05) is 13.1 Å². The van der Waals surface area contributed by atoms with Crippen molar-refractivity contribution < 1.29 is 13.6 Å². The largest absolute Gasteiger partial charge is 0.331 e. The first kappa shape index (κ1) is 18.4. The molecule has 138 valence electrons. The monoisotopic (exact) mass is 358 g/mol. The third-order valence-electron chi connectivity index (χ3n) is 5.05. The highest BCUT2D eigenvalue weighted by Crippen LogP contribution is 2.22. The molecule has 1 aliphatic heterocycles. The minimum absolute atomic E-state index is 0.152. The molecule has 0 radical (unpaired) electrons. The second kappa shape index (κ2) is 8.30. The quantitative estimate of drug-likeness (QED) is 0.845. The first-order chi connectivity index (χ1) is 12.5. The minimum Gasteiger partial charge on any atom is -0.331 e. The lowest BCUT2D eigenvalue weighted by Gasteiger charge is -2.33. The van der Waals surface area contributed by atoms with Crippen LogP contribution < -0.4 is 5.32 Å². The molecule has 3 rings (SSSR count). The van der Waals surface area contributed by atoms with Gasteiger partial charge in [0.2, 0.25) is 0 Å². The molecule has 0 aromatic heterocycles. The van der Waals surface area contributed by atoms with Gasteiger partial charge in [-0.15, -0.1) is 0 Å². The Balaban J connectivity index is 1.49. The lowest BCUT2D eigenvalue weighted by molar-refractivity contribution is 0.167. The molecule has 2 amide bonds. The number of benzene rings is 2. The number of piperidine rings is 1. The zero-order chi connectivity index (χ0) is 18.5. The number of hydrogen-bond donors (Lipinski definition) is 1. The van der Waals surface area contributed by atoms with Crippen LogP contribution in [-0.2, 0) is 6.42 Å². The number of rotatable bonds is 4. The van der Waals surface area contributed by atoms with Crippen molar-refractivity contribution in [3.05, 3.63) is 71.3 Å². The maximum absolute atomic E-state index is 13.4. The van der Waals surface area contributed by atoms with E-state index in [9.17, 15) is 13.6 Å². The van der Waals surface area contributed by atoms with Crippen LogP contribution in [0.25, 0.3) is 0 Å². The zero-order valence-corrected chi connectivity index (χ0v) is 14.9. The van der Waals surface area contributed by atoms with E-state index in [0.717, 1.165) is 31.4 Å². The van der Waals surface area contributed by atoms with Crippen LogP contribution in [0.1, 0.15) is 36.9 Å². The van der Waals surface area contributed by atoms with E-state index in [1.165, 1.54) is 11.6 Å². The van der Waals surface area contributed by atoms with Crippen LogP contribution in [0.3, 0.4) is 0 Å². The van der Waals surface area contributed by atoms with Crippen molar-refractivity contribution >= 4 is 6.03 Å². The number of nitrogens with one attached hydrogen (secondary N) is 1. The Bertz CT molecular complexity index is 743. The van der Waals surface area contributed by atoms with Crippen molar-refractivity contribution in [1.82, 2.24) is 10.2 Å². The van der Waals surface area contributed by atoms with E-state index in [1.54, 1.807) is 11.8 Å². The number of halogens is 2. The number of carbonyl (C=O) groups excluding carboxylic acids is 1. The number of carbonyl (C=O) groups is 1. The first-order valence-electron chi connectivity index (χ1n) is 9.07. The summed E-state index contributed by atoms with van der Waals surface area (Å²) in [6.45, 7) is 3.20. The molecule has 5 heteroatoms. The van der Waals surface area contributed by atoms with Crippen LogP contribution in [-0.4, -0.2) is 24.0 Å². The molecular formula is C21H24F2N2O. The fraction of sp³-hybridized carbons (Fsp3) is 0.381. The Morgan fingerprint density at radius 3 is 2.46 bits per heavy atom. The molecule has 0 saturated carbocycles. The summed E-state index contributed by atoms with van der Waals surface area (Å²) in [5.41, 5.74) is 1.89. The third kappa shape index (κ3) is 4.59. The average molecular weight is 358 g/mol. The topological polar surface area (TPSA) is 32.3 Å². The van der Waals surface area contributed by atoms with E-state index < -0.39 is 11.6 Å². The van der Waals surface area contributed by atoms with Gasteiger partial charge in [0.1, 0.15) is 0 Å². The van der Waals surface area contributed by atoms with Crippen LogP contribution in [0, 0.1) is 17.6 Å². The number of nitrogens with zero attached hydrogens (tertiary/aromatic N) is 1. The molecule has 0 aliphatic carbocycles. The Labute approximate surface area is 153 Å². The smallest absolute Gasteiger partial charge is 0.317 e. The molecule has 1 saturated heterocycles. The summed E-state index contributed by atoms with van der Waals surface area (Å²) in [4.78, 5) is 14.2. The minimum atomic E-state index is -0.898. The standard InChI is InChI=1S/C21H24F2N2O/c1-15(18-7-8-19(22)20(23)14-18)24-21(26)25-11-9-17(10-12-25)13-16-5-3-2-4-6-16/h2-8,14-15,17H,9-13H2,1H3,(H,24,26). The number of likely N-dealkylation sites (tertiary alicyclic amines) is 1. The van der Waals surface area contributed by atoms with Crippen molar-refractivity contribution in [2.45, 2.75) is 32.2 Å². The second-order valence-electron chi connectivity index (χ2n) is 6.96. The highest BCUT2D eigenvalue weighted by molar-refractivity contribution is 5.74. The molecule has 1 N–H and O–H groups in total. The number of urea groups is 1. The molecule has 0 bridgehead atoms. The maximum atomic E-state index is 13.4. The molecule has 1 aliphatic rings. The normalized spacial score (nSPS) is 16.3. The number of hydrogen-bond acceptors (Lipinski definition) is 1. The molecule has 2 aromatic carbocycles. The Hall–Kier alpha value is -2.43. The number of amides is 2.